The smallest absolute Gasteiger partial charge is 0.308 e. The van der Waals surface area contributed by atoms with E-state index >= 15 is 0 Å². The second-order valence-electron chi connectivity index (χ2n) is 14.5. The number of likely N-dealkylation sites (tertiary alicyclic amines) is 1. The molecule has 1 fully saturated rings. The van der Waals surface area contributed by atoms with Crippen molar-refractivity contribution in [2.45, 2.75) is 200 Å². The van der Waals surface area contributed by atoms with Crippen LogP contribution in [0.15, 0.2) is 0 Å². The second-order valence-corrected chi connectivity index (χ2v) is 14.5. The average Bonchev–Trinajstić information content (AvgIpc) is 3.53. The van der Waals surface area contributed by atoms with Gasteiger partial charge in [0, 0.05) is 32.8 Å². The Kier molecular flexibility index (Phi) is 24.0. The van der Waals surface area contributed by atoms with Crippen LogP contribution in [0.25, 0.3) is 0 Å². The van der Waals surface area contributed by atoms with Gasteiger partial charge in [0.15, 0.2) is 0 Å². The molecule has 1 rings (SSSR count). The molecule has 272 valence electrons. The van der Waals surface area contributed by atoms with Gasteiger partial charge in [0.05, 0.1) is 30.6 Å². The van der Waals surface area contributed by atoms with Gasteiger partial charge < -0.3 is 19.5 Å². The average molecular weight is 653 g/mol. The van der Waals surface area contributed by atoms with Crippen molar-refractivity contribution in [3.63, 3.8) is 0 Å². The van der Waals surface area contributed by atoms with E-state index in [9.17, 15) is 14.7 Å². The SMILES string of the molecule is CCCCCCCCCCC(CCCCCCCCC)N(C)[C@@H]([C@@H](C)CC)[C@@H](CC(=O)N1CCC[C@H]1[C@H](OC)[C@@H](C)C(=O)O)OC. The quantitative estimate of drug-likeness (QED) is 0.0811. The van der Waals surface area contributed by atoms with Gasteiger partial charge in [-0.2, -0.15) is 0 Å². The van der Waals surface area contributed by atoms with Crippen LogP contribution >= 0.6 is 0 Å². The summed E-state index contributed by atoms with van der Waals surface area (Å²) in [4.78, 5) is 30.2. The van der Waals surface area contributed by atoms with E-state index in [4.69, 9.17) is 9.47 Å². The number of carbonyl (C=O) groups excluding carboxylic acids is 1. The Morgan fingerprint density at radius 3 is 1.74 bits per heavy atom. The predicted molar refractivity (Wildman–Crippen MR) is 192 cm³/mol. The number of hydrogen-bond donors (Lipinski definition) is 1. The fourth-order valence-corrected chi connectivity index (χ4v) is 7.83. The number of carbonyl (C=O) groups is 2. The van der Waals surface area contributed by atoms with Crippen molar-refractivity contribution in [2.75, 3.05) is 27.8 Å². The van der Waals surface area contributed by atoms with Gasteiger partial charge in [-0.05, 0) is 45.6 Å². The zero-order chi connectivity index (χ0) is 34.3. The molecular formula is C39H76N2O5. The standard InChI is InChI=1S/C39H76N2O5/c1-9-12-14-16-18-20-22-24-27-33(26-23-21-19-17-15-13-10-2)40(6)37(31(4)11-3)35(45-7)30-36(42)41-29-25-28-34(41)38(46-8)32(5)39(43)44/h31-35,37-38H,9-30H2,1-8H3,(H,43,44)/t31-,32+,33?,34-,35+,37-,38+/m0/s1. The highest BCUT2D eigenvalue weighted by molar-refractivity contribution is 5.78. The third kappa shape index (κ3) is 15.4. The summed E-state index contributed by atoms with van der Waals surface area (Å²) in [5.41, 5.74) is 0. The fourth-order valence-electron chi connectivity index (χ4n) is 7.83. The molecule has 0 spiro atoms. The lowest BCUT2D eigenvalue weighted by Crippen LogP contribution is -2.53. The van der Waals surface area contributed by atoms with Crippen molar-refractivity contribution in [1.29, 1.82) is 0 Å². The van der Waals surface area contributed by atoms with E-state index in [1.807, 2.05) is 4.90 Å². The van der Waals surface area contributed by atoms with Crippen LogP contribution < -0.4 is 0 Å². The Bertz CT molecular complexity index is 779. The van der Waals surface area contributed by atoms with E-state index in [1.165, 1.54) is 109 Å². The molecule has 46 heavy (non-hydrogen) atoms. The van der Waals surface area contributed by atoms with Gasteiger partial charge in [0.25, 0.3) is 0 Å². The van der Waals surface area contributed by atoms with Gasteiger partial charge in [0.2, 0.25) is 5.91 Å². The molecule has 0 aromatic rings. The number of carboxylic acid groups (broad SMARTS) is 1. The van der Waals surface area contributed by atoms with Gasteiger partial charge >= 0.3 is 5.97 Å². The van der Waals surface area contributed by atoms with E-state index in [-0.39, 0.29) is 24.1 Å². The largest absolute Gasteiger partial charge is 0.481 e. The molecule has 1 heterocycles. The highest BCUT2D eigenvalue weighted by atomic mass is 16.5. The van der Waals surface area contributed by atoms with Crippen LogP contribution in [0.5, 0.6) is 0 Å². The summed E-state index contributed by atoms with van der Waals surface area (Å²) >= 11 is 0. The van der Waals surface area contributed by atoms with E-state index in [0.717, 1.165) is 19.3 Å². The molecule has 1 N–H and O–H groups in total. The van der Waals surface area contributed by atoms with E-state index < -0.39 is 18.0 Å². The van der Waals surface area contributed by atoms with Gasteiger partial charge in [-0.25, -0.2) is 0 Å². The lowest BCUT2D eigenvalue weighted by Gasteiger charge is -2.43. The molecule has 7 heteroatoms. The minimum absolute atomic E-state index is 0.0578. The molecule has 0 bridgehead atoms. The van der Waals surface area contributed by atoms with Crippen molar-refractivity contribution < 1.29 is 24.2 Å². The summed E-state index contributed by atoms with van der Waals surface area (Å²) in [6.07, 6.45) is 24.5. The molecule has 7 nitrogen and oxygen atoms in total. The molecule has 0 aliphatic carbocycles. The zero-order valence-electron chi connectivity index (χ0n) is 31.6. The number of carboxylic acids is 1. The van der Waals surface area contributed by atoms with Crippen LogP contribution in [-0.2, 0) is 19.1 Å². The van der Waals surface area contributed by atoms with Crippen molar-refractivity contribution >= 4 is 11.9 Å². The molecule has 0 saturated carbocycles. The first-order valence-electron chi connectivity index (χ1n) is 19.5. The number of ether oxygens (including phenoxy) is 2. The van der Waals surface area contributed by atoms with Crippen LogP contribution in [0.1, 0.15) is 169 Å². The number of unbranched alkanes of at least 4 members (excludes halogenated alkanes) is 13. The summed E-state index contributed by atoms with van der Waals surface area (Å²) in [7, 11) is 5.61. The van der Waals surface area contributed by atoms with Gasteiger partial charge in [-0.3, -0.25) is 14.5 Å². The van der Waals surface area contributed by atoms with E-state index in [2.05, 4.69) is 39.6 Å². The molecule has 0 aromatic heterocycles. The lowest BCUT2D eigenvalue weighted by atomic mass is 9.88. The highest BCUT2D eigenvalue weighted by Gasteiger charge is 2.42. The number of likely N-dealkylation sites (N-methyl/N-ethyl adjacent to an activating group) is 1. The van der Waals surface area contributed by atoms with Crippen LogP contribution in [0, 0.1) is 11.8 Å². The van der Waals surface area contributed by atoms with Crippen molar-refractivity contribution in [2.24, 2.45) is 11.8 Å². The predicted octanol–water partition coefficient (Wildman–Crippen LogP) is 9.50. The Labute approximate surface area is 284 Å². The maximum absolute atomic E-state index is 13.9. The Morgan fingerprint density at radius 1 is 0.804 bits per heavy atom. The normalized spacial score (nSPS) is 19.2. The molecule has 1 aliphatic rings. The van der Waals surface area contributed by atoms with Crippen molar-refractivity contribution in [3.05, 3.63) is 0 Å². The summed E-state index contributed by atoms with van der Waals surface area (Å²) < 4.78 is 11.9. The summed E-state index contributed by atoms with van der Waals surface area (Å²) in [5, 5.41) is 9.68. The number of hydrogen-bond acceptors (Lipinski definition) is 5. The molecule has 0 radical (unpaired) electrons. The molecule has 0 aromatic carbocycles. The second kappa shape index (κ2) is 25.8. The number of methoxy groups -OCH3 is 2. The number of aliphatic carboxylic acids is 1. The molecular weight excluding hydrogens is 576 g/mol. The fraction of sp³-hybridized carbons (Fsp3) is 0.949. The molecule has 1 amide bonds. The van der Waals surface area contributed by atoms with Gasteiger partial charge in [-0.15, -0.1) is 0 Å². The van der Waals surface area contributed by atoms with Crippen molar-refractivity contribution in [1.82, 2.24) is 9.80 Å². The minimum Gasteiger partial charge on any atom is -0.481 e. The first kappa shape index (κ1) is 42.8. The van der Waals surface area contributed by atoms with E-state index in [1.54, 1.807) is 21.1 Å². The molecule has 1 unspecified atom stereocenters. The first-order valence-corrected chi connectivity index (χ1v) is 19.5. The molecule has 7 atom stereocenters. The van der Waals surface area contributed by atoms with Gasteiger partial charge in [-0.1, -0.05) is 130 Å². The molecule has 1 aliphatic heterocycles. The summed E-state index contributed by atoms with van der Waals surface area (Å²) in [6, 6.07) is 0.406. The third-order valence-electron chi connectivity index (χ3n) is 11.0. The number of nitrogens with zero attached hydrogens (tertiary/aromatic N) is 2. The molecule has 1 saturated heterocycles. The van der Waals surface area contributed by atoms with Gasteiger partial charge in [0.1, 0.15) is 0 Å². The topological polar surface area (TPSA) is 79.3 Å². The maximum atomic E-state index is 13.9. The lowest BCUT2D eigenvalue weighted by molar-refractivity contribution is -0.151. The maximum Gasteiger partial charge on any atom is 0.308 e. The van der Waals surface area contributed by atoms with Crippen LogP contribution in [0.2, 0.25) is 0 Å². The number of rotatable bonds is 29. The van der Waals surface area contributed by atoms with Crippen LogP contribution in [-0.4, -0.2) is 84.9 Å². The van der Waals surface area contributed by atoms with Crippen LogP contribution in [0.3, 0.4) is 0 Å². The Balaban J connectivity index is 3.01. The summed E-state index contributed by atoms with van der Waals surface area (Å²) in [6.45, 7) is 11.4. The Hall–Kier alpha value is -1.18. The Morgan fingerprint density at radius 2 is 1.30 bits per heavy atom. The minimum atomic E-state index is -0.886. The number of amides is 1. The van der Waals surface area contributed by atoms with Crippen LogP contribution in [0.4, 0.5) is 0 Å². The summed E-state index contributed by atoms with van der Waals surface area (Å²) in [5.74, 6) is -1.12. The highest BCUT2D eigenvalue weighted by Crippen LogP contribution is 2.31. The van der Waals surface area contributed by atoms with Crippen molar-refractivity contribution in [3.8, 4) is 0 Å². The third-order valence-corrected chi connectivity index (χ3v) is 11.0. The monoisotopic (exact) mass is 653 g/mol. The van der Waals surface area contributed by atoms with E-state index in [0.29, 0.717) is 24.9 Å². The zero-order valence-corrected chi connectivity index (χ0v) is 31.6. The first-order chi connectivity index (χ1) is 22.2.